The van der Waals surface area contributed by atoms with E-state index >= 15 is 0 Å². The molecule has 2 aromatic rings. The van der Waals surface area contributed by atoms with Gasteiger partial charge in [-0.15, -0.1) is 0 Å². The normalized spacial score (nSPS) is 21.0. The van der Waals surface area contributed by atoms with Gasteiger partial charge in [-0.2, -0.15) is 5.10 Å². The molecule has 0 amide bonds. The monoisotopic (exact) mass is 393 g/mol. The summed E-state index contributed by atoms with van der Waals surface area (Å²) in [6.45, 7) is 3.80. The Kier molecular flexibility index (Phi) is 5.44. The number of aromatic nitrogens is 4. The van der Waals surface area contributed by atoms with Gasteiger partial charge in [0.2, 0.25) is 0 Å². The highest BCUT2D eigenvalue weighted by Gasteiger charge is 2.24. The summed E-state index contributed by atoms with van der Waals surface area (Å²) in [5.74, 6) is 2.17. The maximum atomic E-state index is 12.5. The molecule has 1 saturated carbocycles. The zero-order chi connectivity index (χ0) is 19.6. The molecule has 0 N–H and O–H groups in total. The third-order valence-electron chi connectivity index (χ3n) is 7.00. The number of likely N-dealkylation sites (tertiary alicyclic amines) is 1. The van der Waals surface area contributed by atoms with E-state index in [4.69, 9.17) is 10.1 Å². The minimum absolute atomic E-state index is 0.0811. The van der Waals surface area contributed by atoms with E-state index in [9.17, 15) is 4.79 Å². The van der Waals surface area contributed by atoms with Gasteiger partial charge in [-0.25, -0.2) is 14.6 Å². The quantitative estimate of drug-likeness (QED) is 0.781. The van der Waals surface area contributed by atoms with Crippen LogP contribution in [0.15, 0.2) is 23.1 Å². The second-order valence-corrected chi connectivity index (χ2v) is 9.10. The predicted octanol–water partition coefficient (Wildman–Crippen LogP) is 3.09. The van der Waals surface area contributed by atoms with Gasteiger partial charge in [0, 0.05) is 31.3 Å². The molecule has 2 aromatic heterocycles. The van der Waals surface area contributed by atoms with E-state index < -0.39 is 0 Å². The van der Waals surface area contributed by atoms with Gasteiger partial charge < -0.3 is 0 Å². The second-order valence-electron chi connectivity index (χ2n) is 9.10. The van der Waals surface area contributed by atoms with Crippen molar-refractivity contribution in [1.29, 1.82) is 0 Å². The molecule has 154 valence electrons. The highest BCUT2D eigenvalue weighted by Crippen LogP contribution is 2.34. The topological polar surface area (TPSA) is 63.9 Å². The van der Waals surface area contributed by atoms with Crippen LogP contribution in [-0.2, 0) is 25.9 Å². The predicted molar refractivity (Wildman–Crippen MR) is 112 cm³/mol. The van der Waals surface area contributed by atoms with E-state index in [-0.39, 0.29) is 5.56 Å². The highest BCUT2D eigenvalue weighted by molar-refractivity contribution is 5.20. The summed E-state index contributed by atoms with van der Waals surface area (Å²) in [7, 11) is 0. The standard InChI is InChI=1S/C23H31N5O/c29-22-14-19-4-1-2-7-21(19)26-28(22)15-17-9-12-27(13-10-17)16-20-8-11-24-23(25-20)18-5-3-6-18/h8,11,14,17-18H,1-7,9-10,12-13,15-16H2. The molecular weight excluding hydrogens is 362 g/mol. The number of rotatable bonds is 5. The molecule has 0 radical (unpaired) electrons. The van der Waals surface area contributed by atoms with Crippen LogP contribution >= 0.6 is 0 Å². The van der Waals surface area contributed by atoms with Crippen LogP contribution in [0.4, 0.5) is 0 Å². The third kappa shape index (κ3) is 4.27. The van der Waals surface area contributed by atoms with Crippen molar-refractivity contribution in [3.63, 3.8) is 0 Å². The Balaban J connectivity index is 1.16. The van der Waals surface area contributed by atoms with Crippen molar-refractivity contribution < 1.29 is 0 Å². The summed E-state index contributed by atoms with van der Waals surface area (Å²) < 4.78 is 1.74. The Labute approximate surface area is 172 Å². The Morgan fingerprint density at radius 2 is 1.86 bits per heavy atom. The number of nitrogens with zero attached hydrogens (tertiary/aromatic N) is 5. The van der Waals surface area contributed by atoms with E-state index in [0.29, 0.717) is 11.8 Å². The first-order valence-corrected chi connectivity index (χ1v) is 11.4. The number of aryl methyl sites for hydroxylation is 2. The van der Waals surface area contributed by atoms with Gasteiger partial charge in [0.05, 0.1) is 11.4 Å². The molecule has 3 aliphatic rings. The highest BCUT2D eigenvalue weighted by atomic mass is 16.1. The van der Waals surface area contributed by atoms with Gasteiger partial charge in [0.25, 0.3) is 5.56 Å². The molecular formula is C23H31N5O. The Morgan fingerprint density at radius 3 is 2.66 bits per heavy atom. The van der Waals surface area contributed by atoms with Crippen molar-refractivity contribution in [3.05, 3.63) is 51.5 Å². The van der Waals surface area contributed by atoms with Gasteiger partial charge in [0.1, 0.15) is 5.82 Å². The largest absolute Gasteiger partial charge is 0.297 e. The van der Waals surface area contributed by atoms with Crippen LogP contribution < -0.4 is 5.56 Å². The van der Waals surface area contributed by atoms with Crippen molar-refractivity contribution in [2.45, 2.75) is 76.8 Å². The Bertz CT molecular complexity index is 912. The average Bonchev–Trinajstić information content (AvgIpc) is 2.69. The van der Waals surface area contributed by atoms with Gasteiger partial charge in [0.15, 0.2) is 0 Å². The molecule has 0 aromatic carbocycles. The number of piperidine rings is 1. The number of hydrogen-bond acceptors (Lipinski definition) is 5. The van der Waals surface area contributed by atoms with Crippen molar-refractivity contribution in [2.24, 2.45) is 5.92 Å². The van der Waals surface area contributed by atoms with Gasteiger partial charge in [-0.3, -0.25) is 9.69 Å². The van der Waals surface area contributed by atoms with E-state index in [1.807, 2.05) is 12.3 Å². The van der Waals surface area contributed by atoms with E-state index in [0.717, 1.165) is 69.1 Å². The Hall–Kier alpha value is -2.08. The molecule has 2 aliphatic carbocycles. The third-order valence-corrected chi connectivity index (χ3v) is 7.00. The zero-order valence-corrected chi connectivity index (χ0v) is 17.2. The van der Waals surface area contributed by atoms with Crippen LogP contribution in [-0.4, -0.2) is 37.7 Å². The average molecular weight is 394 g/mol. The zero-order valence-electron chi connectivity index (χ0n) is 17.2. The van der Waals surface area contributed by atoms with E-state index in [1.165, 1.54) is 37.7 Å². The molecule has 0 bridgehead atoms. The fraction of sp³-hybridized carbons (Fsp3) is 0.652. The molecule has 1 saturated heterocycles. The summed E-state index contributed by atoms with van der Waals surface area (Å²) in [6.07, 6.45) is 12.4. The lowest BCUT2D eigenvalue weighted by atomic mass is 9.85. The van der Waals surface area contributed by atoms with E-state index in [2.05, 4.69) is 16.0 Å². The number of fused-ring (bicyclic) bond motifs is 1. The lowest BCUT2D eigenvalue weighted by Crippen LogP contribution is -2.37. The lowest BCUT2D eigenvalue weighted by molar-refractivity contribution is 0.161. The van der Waals surface area contributed by atoms with Gasteiger partial charge in [-0.1, -0.05) is 6.42 Å². The smallest absolute Gasteiger partial charge is 0.267 e. The first-order valence-electron chi connectivity index (χ1n) is 11.4. The fourth-order valence-electron chi connectivity index (χ4n) is 4.90. The van der Waals surface area contributed by atoms with Crippen LogP contribution in [0.5, 0.6) is 0 Å². The van der Waals surface area contributed by atoms with Crippen molar-refractivity contribution >= 4 is 0 Å². The SMILES string of the molecule is O=c1cc2c(nn1CC1CCN(Cc3ccnc(C4CCC4)n3)CC1)CCCC2. The van der Waals surface area contributed by atoms with Crippen LogP contribution in [0.2, 0.25) is 0 Å². The van der Waals surface area contributed by atoms with Gasteiger partial charge in [-0.05, 0) is 82.0 Å². The number of hydrogen-bond donors (Lipinski definition) is 0. The molecule has 1 aliphatic heterocycles. The molecule has 0 spiro atoms. The van der Waals surface area contributed by atoms with Crippen molar-refractivity contribution in [3.8, 4) is 0 Å². The first kappa shape index (κ1) is 18.9. The maximum absolute atomic E-state index is 12.5. The summed E-state index contributed by atoms with van der Waals surface area (Å²) in [6, 6.07) is 3.90. The molecule has 2 fully saturated rings. The molecule has 3 heterocycles. The van der Waals surface area contributed by atoms with Crippen LogP contribution in [0.1, 0.15) is 73.6 Å². The molecule has 0 atom stereocenters. The molecule has 0 unspecified atom stereocenters. The Morgan fingerprint density at radius 1 is 1.03 bits per heavy atom. The fourth-order valence-corrected chi connectivity index (χ4v) is 4.90. The molecule has 29 heavy (non-hydrogen) atoms. The minimum atomic E-state index is 0.0811. The second kappa shape index (κ2) is 8.34. The van der Waals surface area contributed by atoms with Crippen LogP contribution in [0.3, 0.4) is 0 Å². The molecule has 6 nitrogen and oxygen atoms in total. The summed E-state index contributed by atoms with van der Waals surface area (Å²) >= 11 is 0. The van der Waals surface area contributed by atoms with Gasteiger partial charge >= 0.3 is 0 Å². The summed E-state index contributed by atoms with van der Waals surface area (Å²) in [5.41, 5.74) is 3.56. The lowest BCUT2D eigenvalue weighted by Gasteiger charge is -2.32. The van der Waals surface area contributed by atoms with Crippen molar-refractivity contribution in [1.82, 2.24) is 24.6 Å². The summed E-state index contributed by atoms with van der Waals surface area (Å²) in [4.78, 5) is 24.3. The molecule has 5 rings (SSSR count). The maximum Gasteiger partial charge on any atom is 0.267 e. The molecule has 6 heteroatoms. The van der Waals surface area contributed by atoms with Crippen LogP contribution in [0.25, 0.3) is 0 Å². The van der Waals surface area contributed by atoms with Crippen molar-refractivity contribution in [2.75, 3.05) is 13.1 Å². The van der Waals surface area contributed by atoms with E-state index in [1.54, 1.807) is 4.68 Å². The summed E-state index contributed by atoms with van der Waals surface area (Å²) in [5, 5.41) is 4.71. The van der Waals surface area contributed by atoms with Crippen LogP contribution in [0, 0.1) is 5.92 Å². The first-order chi connectivity index (χ1) is 14.2. The minimum Gasteiger partial charge on any atom is -0.297 e.